The number of benzene rings is 2. The van der Waals surface area contributed by atoms with E-state index in [2.05, 4.69) is 27.0 Å². The van der Waals surface area contributed by atoms with Crippen molar-refractivity contribution in [2.24, 2.45) is 4.99 Å². The number of furan rings is 1. The molecule has 1 aromatic heterocycles. The second-order valence-corrected chi connectivity index (χ2v) is 6.35. The summed E-state index contributed by atoms with van der Waals surface area (Å²) in [5.74, 6) is 1.69. The molecule has 0 aliphatic carbocycles. The van der Waals surface area contributed by atoms with Gasteiger partial charge in [-0.3, -0.25) is 0 Å². The van der Waals surface area contributed by atoms with Gasteiger partial charge in [-0.15, -0.1) is 0 Å². The molecule has 0 N–H and O–H groups in total. The molecule has 25 heavy (non-hydrogen) atoms. The summed E-state index contributed by atoms with van der Waals surface area (Å²) < 4.78 is 12.1. The van der Waals surface area contributed by atoms with Gasteiger partial charge >= 0.3 is 0 Å². The number of methoxy groups -OCH3 is 1. The highest BCUT2D eigenvalue weighted by Crippen LogP contribution is 2.31. The monoisotopic (exact) mass is 394 g/mol. The van der Waals surface area contributed by atoms with E-state index in [1.807, 2.05) is 49.4 Å². The molecule has 3 aromatic rings. The zero-order valence-corrected chi connectivity index (χ0v) is 15.4. The number of nitriles is 1. The lowest BCUT2D eigenvalue weighted by molar-refractivity contribution is 0.411. The van der Waals surface area contributed by atoms with Crippen molar-refractivity contribution in [3.8, 4) is 23.1 Å². The Hall–Kier alpha value is -2.84. The van der Waals surface area contributed by atoms with E-state index in [-0.39, 0.29) is 0 Å². The summed E-state index contributed by atoms with van der Waals surface area (Å²) in [6.07, 6.45) is 1.66. The maximum Gasteiger partial charge on any atom is 0.237 e. The fourth-order valence-corrected chi connectivity index (χ4v) is 2.63. The van der Waals surface area contributed by atoms with Crippen LogP contribution in [-0.2, 0) is 0 Å². The summed E-state index contributed by atoms with van der Waals surface area (Å²) in [4.78, 5) is 4.34. The summed E-state index contributed by atoms with van der Waals surface area (Å²) in [6, 6.07) is 17.3. The van der Waals surface area contributed by atoms with Crippen LogP contribution in [0.2, 0.25) is 0 Å². The molecule has 0 atom stereocenters. The van der Waals surface area contributed by atoms with Crippen LogP contribution < -0.4 is 4.74 Å². The highest BCUT2D eigenvalue weighted by Gasteiger charge is 2.11. The van der Waals surface area contributed by atoms with Gasteiger partial charge in [-0.05, 0) is 36.2 Å². The fourth-order valence-electron chi connectivity index (χ4n) is 2.36. The molecule has 2 aromatic carbocycles. The van der Waals surface area contributed by atoms with E-state index in [4.69, 9.17) is 9.15 Å². The third-order valence-electron chi connectivity index (χ3n) is 3.72. The van der Waals surface area contributed by atoms with E-state index in [1.54, 1.807) is 19.4 Å². The van der Waals surface area contributed by atoms with Crippen LogP contribution >= 0.6 is 15.9 Å². The first-order valence-electron chi connectivity index (χ1n) is 7.59. The Kier molecular flexibility index (Phi) is 5.01. The first-order chi connectivity index (χ1) is 12.1. The van der Waals surface area contributed by atoms with Gasteiger partial charge in [0.05, 0.1) is 7.11 Å². The number of aryl methyl sites for hydroxylation is 1. The normalized spacial score (nSPS) is 10.8. The molecule has 0 aliphatic rings. The summed E-state index contributed by atoms with van der Waals surface area (Å²) in [7, 11) is 1.63. The first kappa shape index (κ1) is 17.0. The van der Waals surface area contributed by atoms with Gasteiger partial charge < -0.3 is 9.15 Å². The predicted octanol–water partition coefficient (Wildman–Crippen LogP) is 5.65. The standard InChI is InChI=1S/C20H15BrN2O2/c1-13-3-4-14(9-18(13)24-2)12-23-20-16(11-22)10-19(25-20)15-5-7-17(21)8-6-15/h3-10,12H,1-2H3/b23-12+. The number of nitrogens with zero attached hydrogens (tertiary/aromatic N) is 2. The third-order valence-corrected chi connectivity index (χ3v) is 4.25. The average molecular weight is 395 g/mol. The molecule has 1 heterocycles. The minimum atomic E-state index is 0.292. The molecule has 0 radical (unpaired) electrons. The minimum absolute atomic E-state index is 0.292. The van der Waals surface area contributed by atoms with Crippen molar-refractivity contribution in [1.82, 2.24) is 0 Å². The smallest absolute Gasteiger partial charge is 0.237 e. The molecule has 0 unspecified atom stereocenters. The van der Waals surface area contributed by atoms with E-state index in [9.17, 15) is 5.26 Å². The Morgan fingerprint density at radius 3 is 2.60 bits per heavy atom. The van der Waals surface area contributed by atoms with Crippen molar-refractivity contribution in [3.63, 3.8) is 0 Å². The van der Waals surface area contributed by atoms with Crippen LogP contribution in [0.1, 0.15) is 16.7 Å². The van der Waals surface area contributed by atoms with E-state index in [0.29, 0.717) is 17.2 Å². The molecular weight excluding hydrogens is 380 g/mol. The lowest BCUT2D eigenvalue weighted by Gasteiger charge is -2.04. The second-order valence-electron chi connectivity index (χ2n) is 5.44. The Morgan fingerprint density at radius 1 is 1.16 bits per heavy atom. The van der Waals surface area contributed by atoms with Gasteiger partial charge in [-0.2, -0.15) is 5.26 Å². The first-order valence-corrected chi connectivity index (χ1v) is 8.38. The highest BCUT2D eigenvalue weighted by molar-refractivity contribution is 9.10. The molecule has 0 fully saturated rings. The predicted molar refractivity (Wildman–Crippen MR) is 102 cm³/mol. The van der Waals surface area contributed by atoms with Crippen molar-refractivity contribution in [1.29, 1.82) is 5.26 Å². The summed E-state index contributed by atoms with van der Waals surface area (Å²) in [5, 5.41) is 9.33. The summed E-state index contributed by atoms with van der Waals surface area (Å²) in [6.45, 7) is 1.98. The van der Waals surface area contributed by atoms with Gasteiger partial charge in [0.2, 0.25) is 5.88 Å². The minimum Gasteiger partial charge on any atom is -0.496 e. The van der Waals surface area contributed by atoms with Gasteiger partial charge in [-0.1, -0.05) is 40.2 Å². The topological polar surface area (TPSA) is 58.5 Å². The van der Waals surface area contributed by atoms with Crippen LogP contribution in [0.4, 0.5) is 5.88 Å². The molecule has 0 saturated heterocycles. The number of hydrogen-bond donors (Lipinski definition) is 0. The lowest BCUT2D eigenvalue weighted by atomic mass is 10.1. The molecule has 0 aliphatic heterocycles. The van der Waals surface area contributed by atoms with Crippen molar-refractivity contribution < 1.29 is 9.15 Å². The van der Waals surface area contributed by atoms with Crippen molar-refractivity contribution in [2.45, 2.75) is 6.92 Å². The van der Waals surface area contributed by atoms with E-state index < -0.39 is 0 Å². The summed E-state index contributed by atoms with van der Waals surface area (Å²) in [5.41, 5.74) is 3.20. The molecule has 0 saturated carbocycles. The third kappa shape index (κ3) is 3.81. The zero-order chi connectivity index (χ0) is 17.8. The number of rotatable bonds is 4. The molecule has 3 rings (SSSR count). The second kappa shape index (κ2) is 7.37. The van der Waals surface area contributed by atoms with Crippen molar-refractivity contribution >= 4 is 28.0 Å². The molecular formula is C20H15BrN2O2. The highest BCUT2D eigenvalue weighted by atomic mass is 79.9. The quantitative estimate of drug-likeness (QED) is 0.537. The van der Waals surface area contributed by atoms with Crippen LogP contribution in [0.15, 0.2) is 62.4 Å². The number of hydrogen-bond acceptors (Lipinski definition) is 4. The van der Waals surface area contributed by atoms with E-state index >= 15 is 0 Å². The Balaban J connectivity index is 1.92. The van der Waals surface area contributed by atoms with Crippen LogP contribution in [0.3, 0.4) is 0 Å². The Bertz CT molecular complexity index is 966. The number of ether oxygens (including phenoxy) is 1. The molecule has 4 nitrogen and oxygen atoms in total. The SMILES string of the molecule is COc1cc(/C=N/c2oc(-c3ccc(Br)cc3)cc2C#N)ccc1C. The van der Waals surface area contributed by atoms with Gasteiger partial charge in [0.1, 0.15) is 23.1 Å². The van der Waals surface area contributed by atoms with Gasteiger partial charge in [-0.25, -0.2) is 4.99 Å². The van der Waals surface area contributed by atoms with E-state index in [0.717, 1.165) is 26.9 Å². The molecule has 0 amide bonds. The van der Waals surface area contributed by atoms with Crippen LogP contribution in [0.25, 0.3) is 11.3 Å². The van der Waals surface area contributed by atoms with Gasteiger partial charge in [0.15, 0.2) is 0 Å². The molecule has 124 valence electrons. The van der Waals surface area contributed by atoms with Crippen LogP contribution in [-0.4, -0.2) is 13.3 Å². The molecule has 0 bridgehead atoms. The fraction of sp³-hybridized carbons (Fsp3) is 0.100. The largest absolute Gasteiger partial charge is 0.496 e. The maximum absolute atomic E-state index is 9.33. The maximum atomic E-state index is 9.33. The molecule has 0 spiro atoms. The Morgan fingerprint density at radius 2 is 1.92 bits per heavy atom. The lowest BCUT2D eigenvalue weighted by Crippen LogP contribution is -1.89. The van der Waals surface area contributed by atoms with Crippen molar-refractivity contribution in [2.75, 3.05) is 7.11 Å². The Labute approximate surface area is 154 Å². The van der Waals surface area contributed by atoms with Crippen molar-refractivity contribution in [3.05, 3.63) is 69.7 Å². The number of halogens is 1. The van der Waals surface area contributed by atoms with E-state index in [1.165, 1.54) is 0 Å². The average Bonchev–Trinajstić information content (AvgIpc) is 3.05. The van der Waals surface area contributed by atoms with Crippen LogP contribution in [0, 0.1) is 18.3 Å². The summed E-state index contributed by atoms with van der Waals surface area (Å²) >= 11 is 3.40. The zero-order valence-electron chi connectivity index (χ0n) is 13.8. The van der Waals surface area contributed by atoms with Gasteiger partial charge in [0.25, 0.3) is 0 Å². The van der Waals surface area contributed by atoms with Crippen LogP contribution in [0.5, 0.6) is 5.75 Å². The number of aliphatic imine (C=N–C) groups is 1. The van der Waals surface area contributed by atoms with Gasteiger partial charge in [0, 0.05) is 22.3 Å². The molecule has 5 heteroatoms.